The van der Waals surface area contributed by atoms with Crippen molar-refractivity contribution in [1.82, 2.24) is 4.98 Å². The molecule has 2 fully saturated rings. The van der Waals surface area contributed by atoms with Crippen molar-refractivity contribution in [3.8, 4) is 16.9 Å². The molecule has 2 aromatic heterocycles. The zero-order valence-corrected chi connectivity index (χ0v) is 21.7. The minimum Gasteiger partial charge on any atom is -0.489 e. The maximum atomic E-state index is 11.3. The number of carbonyl (C=O) groups is 1. The maximum Gasteiger partial charge on any atom is 0.307 e. The Bertz CT molecular complexity index is 1480. The minimum atomic E-state index is -0.880. The molecule has 6 heteroatoms. The van der Waals surface area contributed by atoms with Gasteiger partial charge in [-0.15, -0.1) is 0 Å². The van der Waals surface area contributed by atoms with Gasteiger partial charge < -0.3 is 20.0 Å². The summed E-state index contributed by atoms with van der Waals surface area (Å²) in [7, 11) is 0. The molecular formula is C32H34N2O4. The average molecular weight is 511 g/mol. The Labute approximate surface area is 222 Å². The fourth-order valence-corrected chi connectivity index (χ4v) is 6.31. The highest BCUT2D eigenvalue weighted by Crippen LogP contribution is 2.55. The van der Waals surface area contributed by atoms with Crippen LogP contribution in [0.4, 0.5) is 0 Å². The number of hydrogen-bond acceptors (Lipinski definition) is 5. The molecule has 38 heavy (non-hydrogen) atoms. The van der Waals surface area contributed by atoms with Gasteiger partial charge in [-0.1, -0.05) is 31.5 Å². The van der Waals surface area contributed by atoms with Crippen LogP contribution in [-0.2, 0) is 24.4 Å². The van der Waals surface area contributed by atoms with Gasteiger partial charge in [-0.3, -0.25) is 9.78 Å². The molecule has 2 heterocycles. The van der Waals surface area contributed by atoms with Crippen molar-refractivity contribution in [3.63, 3.8) is 0 Å². The second kappa shape index (κ2) is 10.3. The topological polar surface area (TPSA) is 98.6 Å². The summed E-state index contributed by atoms with van der Waals surface area (Å²) in [5, 5.41) is 10.3. The Balaban J connectivity index is 1.35. The summed E-state index contributed by atoms with van der Waals surface area (Å²) in [4.78, 5) is 15.7. The van der Waals surface area contributed by atoms with Gasteiger partial charge in [0.05, 0.1) is 12.1 Å². The molecule has 0 radical (unpaired) electrons. The zero-order chi connectivity index (χ0) is 26.2. The monoisotopic (exact) mass is 510 g/mol. The average Bonchev–Trinajstić information content (AvgIpc) is 3.31. The van der Waals surface area contributed by atoms with Crippen molar-refractivity contribution < 1.29 is 19.1 Å². The third-order valence-corrected chi connectivity index (χ3v) is 8.67. The second-order valence-corrected chi connectivity index (χ2v) is 11.0. The number of aliphatic carboxylic acids is 1. The lowest BCUT2D eigenvalue weighted by Gasteiger charge is -2.48. The Hall–Kier alpha value is -3.64. The molecule has 0 spiro atoms. The van der Waals surface area contributed by atoms with Crippen LogP contribution in [0.5, 0.6) is 5.75 Å². The molecule has 4 unspecified atom stereocenters. The first-order valence-corrected chi connectivity index (χ1v) is 13.6. The second-order valence-electron chi connectivity index (χ2n) is 11.0. The number of carboxylic acid groups (broad SMARTS) is 1. The Morgan fingerprint density at radius 2 is 1.92 bits per heavy atom. The highest BCUT2D eigenvalue weighted by atomic mass is 16.5. The van der Waals surface area contributed by atoms with E-state index in [-0.39, 0.29) is 6.42 Å². The van der Waals surface area contributed by atoms with E-state index in [0.29, 0.717) is 30.4 Å². The van der Waals surface area contributed by atoms with Crippen molar-refractivity contribution in [3.05, 3.63) is 83.4 Å². The fraction of sp³-hybridized carbons (Fsp3) is 0.375. The van der Waals surface area contributed by atoms with Crippen LogP contribution in [0.3, 0.4) is 0 Å². The summed E-state index contributed by atoms with van der Waals surface area (Å²) < 4.78 is 12.8. The molecule has 3 N–H and O–H groups in total. The molecule has 0 bridgehead atoms. The number of rotatable bonds is 9. The number of hydrogen-bond donors (Lipinski definition) is 2. The van der Waals surface area contributed by atoms with Crippen molar-refractivity contribution >= 4 is 16.9 Å². The number of nitrogens with zero attached hydrogens (tertiary/aromatic N) is 1. The third-order valence-electron chi connectivity index (χ3n) is 8.67. The Morgan fingerprint density at radius 3 is 2.63 bits per heavy atom. The lowest BCUT2D eigenvalue weighted by molar-refractivity contribution is -0.136. The Kier molecular flexibility index (Phi) is 6.66. The zero-order valence-electron chi connectivity index (χ0n) is 21.7. The van der Waals surface area contributed by atoms with E-state index < -0.39 is 5.97 Å². The normalized spacial score (nSPS) is 22.6. The maximum absolute atomic E-state index is 11.3. The molecule has 2 aliphatic rings. The van der Waals surface area contributed by atoms with Crippen LogP contribution < -0.4 is 10.5 Å². The molecule has 0 amide bonds. The fourth-order valence-electron chi connectivity index (χ4n) is 6.31. The molecule has 0 saturated heterocycles. The molecular weight excluding hydrogens is 476 g/mol. The van der Waals surface area contributed by atoms with E-state index in [1.54, 1.807) is 12.3 Å². The van der Waals surface area contributed by atoms with Gasteiger partial charge in [0.15, 0.2) is 0 Å². The van der Waals surface area contributed by atoms with Crippen LogP contribution in [0.2, 0.25) is 0 Å². The van der Waals surface area contributed by atoms with Crippen LogP contribution >= 0.6 is 0 Å². The first kappa shape index (κ1) is 24.7. The van der Waals surface area contributed by atoms with E-state index in [9.17, 15) is 9.90 Å². The van der Waals surface area contributed by atoms with Gasteiger partial charge in [-0.25, -0.2) is 0 Å². The van der Waals surface area contributed by atoms with Gasteiger partial charge in [0.2, 0.25) is 0 Å². The summed E-state index contributed by atoms with van der Waals surface area (Å²) in [6, 6.07) is 17.8. The van der Waals surface area contributed by atoms with Crippen LogP contribution in [0.15, 0.2) is 65.2 Å². The largest absolute Gasteiger partial charge is 0.489 e. The highest BCUT2D eigenvalue weighted by Gasteiger charge is 2.44. The van der Waals surface area contributed by atoms with Crippen LogP contribution in [-0.4, -0.2) is 16.1 Å². The summed E-state index contributed by atoms with van der Waals surface area (Å²) in [5.41, 5.74) is 11.3. The highest BCUT2D eigenvalue weighted by molar-refractivity contribution is 5.93. The molecule has 4 aromatic rings. The molecule has 6 rings (SSSR count). The molecule has 2 aliphatic carbocycles. The van der Waals surface area contributed by atoms with Crippen molar-refractivity contribution in [2.75, 3.05) is 0 Å². The minimum absolute atomic E-state index is 0.0768. The predicted molar refractivity (Wildman–Crippen MR) is 147 cm³/mol. The number of pyridine rings is 1. The standard InChI is InChI=1S/C32H34N2O4/c1-19-6-7-25(19)26-8-9-27(26)30-15-23-12-20(18-37-29-5-3-2-4-22(29)16-31(35)36)13-28(32(23)38-30)21-10-11-34-24(14-21)17-33/h2-5,10-15,19,25-27H,6-9,16-18,33H2,1H3,(H,35,36). The summed E-state index contributed by atoms with van der Waals surface area (Å²) in [6.45, 7) is 3.08. The third kappa shape index (κ3) is 4.69. The summed E-state index contributed by atoms with van der Waals surface area (Å²) in [5.74, 6) is 3.66. The van der Waals surface area contributed by atoms with E-state index in [2.05, 4.69) is 30.1 Å². The summed E-state index contributed by atoms with van der Waals surface area (Å²) >= 11 is 0. The van der Waals surface area contributed by atoms with Crippen molar-refractivity contribution in [2.45, 2.75) is 58.1 Å². The van der Waals surface area contributed by atoms with E-state index in [0.717, 1.165) is 56.9 Å². The molecule has 2 saturated carbocycles. The number of aromatic nitrogens is 1. The molecule has 6 nitrogen and oxygen atoms in total. The van der Waals surface area contributed by atoms with Crippen LogP contribution in [0.1, 0.15) is 61.1 Å². The number of para-hydroxylation sites is 1. The SMILES string of the molecule is CC1CCC1C1CCC1c1cc2cc(COc3ccccc3CC(=O)O)cc(-c3ccnc(CN)c3)c2o1. The van der Waals surface area contributed by atoms with E-state index in [1.807, 2.05) is 30.3 Å². The van der Waals surface area contributed by atoms with Gasteiger partial charge >= 0.3 is 5.97 Å². The first-order valence-electron chi connectivity index (χ1n) is 13.6. The van der Waals surface area contributed by atoms with E-state index >= 15 is 0 Å². The van der Waals surface area contributed by atoms with Crippen LogP contribution in [0, 0.1) is 17.8 Å². The number of furan rings is 1. The number of nitrogens with two attached hydrogens (primary N) is 1. The Morgan fingerprint density at radius 1 is 1.08 bits per heavy atom. The van der Waals surface area contributed by atoms with Gasteiger partial charge in [-0.2, -0.15) is 0 Å². The van der Waals surface area contributed by atoms with E-state index in [1.165, 1.54) is 25.7 Å². The van der Waals surface area contributed by atoms with Gasteiger partial charge in [0.1, 0.15) is 23.7 Å². The lowest BCUT2D eigenvalue weighted by Crippen LogP contribution is -2.39. The quantitative estimate of drug-likeness (QED) is 0.260. The first-order chi connectivity index (χ1) is 18.5. The number of carboxylic acids is 1. The van der Waals surface area contributed by atoms with Gasteiger partial charge in [0, 0.05) is 35.2 Å². The van der Waals surface area contributed by atoms with Gasteiger partial charge in [0.25, 0.3) is 0 Å². The molecule has 196 valence electrons. The van der Waals surface area contributed by atoms with Gasteiger partial charge in [-0.05, 0) is 84.5 Å². The molecule has 0 aliphatic heterocycles. The molecule has 4 atom stereocenters. The smallest absolute Gasteiger partial charge is 0.307 e. The number of benzene rings is 2. The van der Waals surface area contributed by atoms with Crippen molar-refractivity contribution in [1.29, 1.82) is 0 Å². The number of fused-ring (bicyclic) bond motifs is 1. The lowest BCUT2D eigenvalue weighted by atomic mass is 9.56. The summed E-state index contributed by atoms with van der Waals surface area (Å²) in [6.07, 6.45) is 6.89. The predicted octanol–water partition coefficient (Wildman–Crippen LogP) is 6.70. The van der Waals surface area contributed by atoms with Crippen LogP contribution in [0.25, 0.3) is 22.1 Å². The molecule has 2 aromatic carbocycles. The van der Waals surface area contributed by atoms with Crippen molar-refractivity contribution in [2.24, 2.45) is 23.5 Å². The number of ether oxygens (including phenoxy) is 1. The van der Waals surface area contributed by atoms with E-state index in [4.69, 9.17) is 14.9 Å².